The summed E-state index contributed by atoms with van der Waals surface area (Å²) in [5.41, 5.74) is 1.63. The Morgan fingerprint density at radius 1 is 1.12 bits per heavy atom. The highest BCUT2D eigenvalue weighted by molar-refractivity contribution is 7.91. The molecular formula is C22H28N2O6S2. The fourth-order valence-electron chi connectivity index (χ4n) is 3.45. The lowest BCUT2D eigenvalue weighted by Crippen LogP contribution is -2.48. The van der Waals surface area contributed by atoms with Gasteiger partial charge in [-0.25, -0.2) is 26.4 Å². The van der Waals surface area contributed by atoms with Gasteiger partial charge in [-0.05, 0) is 49.6 Å². The highest BCUT2D eigenvalue weighted by Crippen LogP contribution is 2.22. The van der Waals surface area contributed by atoms with Gasteiger partial charge in [-0.3, -0.25) is 0 Å². The molecular weight excluding hydrogens is 452 g/mol. The molecule has 8 nitrogen and oxygen atoms in total. The van der Waals surface area contributed by atoms with Crippen molar-refractivity contribution in [3.05, 3.63) is 59.7 Å². The van der Waals surface area contributed by atoms with Gasteiger partial charge in [-0.2, -0.15) is 0 Å². The number of aryl methyl sites for hydroxylation is 1. The molecule has 1 saturated heterocycles. The summed E-state index contributed by atoms with van der Waals surface area (Å²) in [6.07, 6.45) is 1.14. The molecule has 2 aromatic carbocycles. The molecule has 0 bridgehead atoms. The van der Waals surface area contributed by atoms with E-state index in [1.54, 1.807) is 36.4 Å². The number of benzene rings is 2. The van der Waals surface area contributed by atoms with Crippen LogP contribution in [0.4, 0.5) is 4.79 Å². The Morgan fingerprint density at radius 2 is 1.78 bits per heavy atom. The molecule has 0 aliphatic carbocycles. The van der Waals surface area contributed by atoms with E-state index in [0.717, 1.165) is 17.5 Å². The predicted octanol–water partition coefficient (Wildman–Crippen LogP) is 2.87. The quantitative estimate of drug-likeness (QED) is 0.622. The lowest BCUT2D eigenvalue weighted by atomic mass is 10.1. The highest BCUT2D eigenvalue weighted by Gasteiger charge is 2.36. The van der Waals surface area contributed by atoms with Crippen molar-refractivity contribution in [3.8, 4) is 5.75 Å². The minimum atomic E-state index is -4.10. The number of ether oxygens (including phenoxy) is 1. The minimum absolute atomic E-state index is 0.0318. The standard InChI is InChI=1S/C22H28N2O6S2/c1-3-13-30-20-8-6-18(7-9-20)15-24(19-12-14-31(26,27)16-19)22(25)23-32(28,29)21-10-4-17(2)5-11-21/h4-11,19H,3,12-16H2,1-2H3,(H,23,25). The smallest absolute Gasteiger partial charge is 0.331 e. The maximum atomic E-state index is 13.0. The van der Waals surface area contributed by atoms with Gasteiger partial charge in [-0.15, -0.1) is 0 Å². The van der Waals surface area contributed by atoms with Crippen molar-refractivity contribution in [1.29, 1.82) is 0 Å². The zero-order chi connectivity index (χ0) is 23.4. The van der Waals surface area contributed by atoms with Crippen LogP contribution in [0.2, 0.25) is 0 Å². The van der Waals surface area contributed by atoms with Crippen molar-refractivity contribution >= 4 is 25.9 Å². The first kappa shape index (κ1) is 24.1. The zero-order valence-electron chi connectivity index (χ0n) is 18.2. The molecule has 1 N–H and O–H groups in total. The van der Waals surface area contributed by atoms with E-state index in [1.807, 2.05) is 13.8 Å². The third-order valence-electron chi connectivity index (χ3n) is 5.21. The van der Waals surface area contributed by atoms with Crippen molar-refractivity contribution in [1.82, 2.24) is 9.62 Å². The zero-order valence-corrected chi connectivity index (χ0v) is 19.8. The molecule has 10 heteroatoms. The second kappa shape index (κ2) is 9.91. The lowest BCUT2D eigenvalue weighted by Gasteiger charge is -2.28. The Hall–Kier alpha value is -2.59. The van der Waals surface area contributed by atoms with Crippen molar-refractivity contribution < 1.29 is 26.4 Å². The maximum Gasteiger partial charge on any atom is 0.331 e. The van der Waals surface area contributed by atoms with Gasteiger partial charge in [0.05, 0.1) is 23.0 Å². The van der Waals surface area contributed by atoms with E-state index in [1.165, 1.54) is 17.0 Å². The Kier molecular flexibility index (Phi) is 7.45. The lowest BCUT2D eigenvalue weighted by molar-refractivity contribution is 0.182. The van der Waals surface area contributed by atoms with Crippen molar-refractivity contribution in [3.63, 3.8) is 0 Å². The van der Waals surface area contributed by atoms with Crippen LogP contribution in [0.5, 0.6) is 5.75 Å². The van der Waals surface area contributed by atoms with Gasteiger partial charge in [0.1, 0.15) is 5.75 Å². The van der Waals surface area contributed by atoms with E-state index in [4.69, 9.17) is 4.74 Å². The Labute approximate surface area is 189 Å². The fraction of sp³-hybridized carbons (Fsp3) is 0.409. The average molecular weight is 481 g/mol. The number of sulfone groups is 1. The van der Waals surface area contributed by atoms with Crippen LogP contribution >= 0.6 is 0 Å². The van der Waals surface area contributed by atoms with Crippen LogP contribution < -0.4 is 9.46 Å². The summed E-state index contributed by atoms with van der Waals surface area (Å²) >= 11 is 0. The summed E-state index contributed by atoms with van der Waals surface area (Å²) in [7, 11) is -7.37. The number of nitrogens with one attached hydrogen (secondary N) is 1. The van der Waals surface area contributed by atoms with Crippen LogP contribution in [0.1, 0.15) is 30.9 Å². The number of hydrogen-bond donors (Lipinski definition) is 1. The van der Waals surface area contributed by atoms with Crippen LogP contribution in [-0.4, -0.2) is 51.9 Å². The molecule has 174 valence electrons. The topological polar surface area (TPSA) is 110 Å². The first-order valence-corrected chi connectivity index (χ1v) is 13.7. The molecule has 0 saturated carbocycles. The van der Waals surface area contributed by atoms with Gasteiger partial charge in [0, 0.05) is 12.6 Å². The summed E-state index contributed by atoms with van der Waals surface area (Å²) in [5, 5.41) is 0. The SMILES string of the molecule is CCCOc1ccc(CN(C(=O)NS(=O)(=O)c2ccc(C)cc2)C2CCS(=O)(=O)C2)cc1. The second-order valence-electron chi connectivity index (χ2n) is 7.90. The van der Waals surface area contributed by atoms with Crippen LogP contribution in [0, 0.1) is 6.92 Å². The normalized spacial score (nSPS) is 17.6. The van der Waals surface area contributed by atoms with Gasteiger partial charge < -0.3 is 9.64 Å². The number of nitrogens with zero attached hydrogens (tertiary/aromatic N) is 1. The van der Waals surface area contributed by atoms with Crippen LogP contribution in [0.3, 0.4) is 0 Å². The molecule has 2 amide bonds. The van der Waals surface area contributed by atoms with Gasteiger partial charge in [0.25, 0.3) is 10.0 Å². The van der Waals surface area contributed by atoms with Gasteiger partial charge in [0.15, 0.2) is 9.84 Å². The largest absolute Gasteiger partial charge is 0.494 e. The van der Waals surface area contributed by atoms with Crippen molar-refractivity contribution in [2.75, 3.05) is 18.1 Å². The number of sulfonamides is 1. The van der Waals surface area contributed by atoms with Crippen LogP contribution in [-0.2, 0) is 26.4 Å². The van der Waals surface area contributed by atoms with E-state index >= 15 is 0 Å². The fourth-order valence-corrected chi connectivity index (χ4v) is 6.14. The molecule has 1 aliphatic rings. The molecule has 1 unspecified atom stereocenters. The molecule has 1 fully saturated rings. The second-order valence-corrected chi connectivity index (χ2v) is 11.8. The molecule has 1 heterocycles. The summed E-state index contributed by atoms with van der Waals surface area (Å²) in [4.78, 5) is 14.3. The molecule has 0 spiro atoms. The maximum absolute atomic E-state index is 13.0. The highest BCUT2D eigenvalue weighted by atomic mass is 32.2. The molecule has 0 aromatic heterocycles. The number of rotatable bonds is 8. The summed E-state index contributed by atoms with van der Waals surface area (Å²) < 4.78 is 57.1. The summed E-state index contributed by atoms with van der Waals surface area (Å²) in [5.74, 6) is 0.468. The Morgan fingerprint density at radius 3 is 2.34 bits per heavy atom. The van der Waals surface area contributed by atoms with E-state index in [-0.39, 0.29) is 29.4 Å². The van der Waals surface area contributed by atoms with Crippen LogP contribution in [0.15, 0.2) is 53.4 Å². The Balaban J connectivity index is 1.81. The van der Waals surface area contributed by atoms with E-state index in [9.17, 15) is 21.6 Å². The van der Waals surface area contributed by atoms with Crippen LogP contribution in [0.25, 0.3) is 0 Å². The minimum Gasteiger partial charge on any atom is -0.494 e. The third-order valence-corrected chi connectivity index (χ3v) is 8.30. The molecule has 1 atom stereocenters. The molecule has 32 heavy (non-hydrogen) atoms. The van der Waals surface area contributed by atoms with Gasteiger partial charge >= 0.3 is 6.03 Å². The predicted molar refractivity (Wildman–Crippen MR) is 122 cm³/mol. The van der Waals surface area contributed by atoms with Gasteiger partial charge in [-0.1, -0.05) is 36.8 Å². The number of carbonyl (C=O) groups is 1. The monoisotopic (exact) mass is 480 g/mol. The average Bonchev–Trinajstić information content (AvgIpc) is 3.10. The molecule has 2 aromatic rings. The van der Waals surface area contributed by atoms with E-state index in [2.05, 4.69) is 4.72 Å². The van der Waals surface area contributed by atoms with E-state index < -0.39 is 31.9 Å². The molecule has 3 rings (SSSR count). The van der Waals surface area contributed by atoms with E-state index in [0.29, 0.717) is 12.4 Å². The first-order chi connectivity index (χ1) is 15.1. The van der Waals surface area contributed by atoms with Crippen molar-refractivity contribution in [2.24, 2.45) is 0 Å². The first-order valence-electron chi connectivity index (χ1n) is 10.4. The number of carbonyl (C=O) groups excluding carboxylic acids is 1. The Bertz CT molecular complexity index is 1140. The molecule has 1 aliphatic heterocycles. The summed E-state index contributed by atoms with van der Waals surface area (Å²) in [6, 6.07) is 11.8. The number of amides is 2. The number of urea groups is 1. The summed E-state index contributed by atoms with van der Waals surface area (Å²) in [6.45, 7) is 4.50. The van der Waals surface area contributed by atoms with Crippen molar-refractivity contribution in [2.45, 2.75) is 44.2 Å². The number of hydrogen-bond acceptors (Lipinski definition) is 6. The van der Waals surface area contributed by atoms with Gasteiger partial charge in [0.2, 0.25) is 0 Å². The third kappa shape index (κ3) is 6.23. The molecule has 0 radical (unpaired) electrons.